The Hall–Kier alpha value is -4.98. The molecule has 1 aliphatic heterocycles. The van der Waals surface area contributed by atoms with Gasteiger partial charge in [-0.15, -0.1) is 0 Å². The minimum absolute atomic E-state index is 0.0322. The maximum absolute atomic E-state index is 14.7. The van der Waals surface area contributed by atoms with E-state index in [4.69, 9.17) is 19.7 Å². The van der Waals surface area contributed by atoms with Gasteiger partial charge in [-0.25, -0.2) is 9.37 Å². The number of aliphatic hydroxyl groups is 1. The van der Waals surface area contributed by atoms with Crippen molar-refractivity contribution in [3.8, 4) is 34.1 Å². The molecule has 10 nitrogen and oxygen atoms in total. The van der Waals surface area contributed by atoms with Crippen molar-refractivity contribution in [1.82, 2.24) is 15.5 Å². The van der Waals surface area contributed by atoms with E-state index in [2.05, 4.69) is 15.5 Å². The predicted molar refractivity (Wildman–Crippen MR) is 150 cm³/mol. The van der Waals surface area contributed by atoms with Gasteiger partial charge in [-0.2, -0.15) is 13.2 Å². The lowest BCUT2D eigenvalue weighted by molar-refractivity contribution is -0.265. The third-order valence-electron chi connectivity index (χ3n) is 7.90. The standard InChI is InChI=1S/C31H26F4N4O6/c1-29(28(36)41)15-43-26-21(29)13-24(39-25(26)16-2-5-18(32)6-3-16)30(42,31(33,34)35)14-37-27(40)17-4-9-20(22-10-11-38-45-22)23(12-17)44-19-7-8-19/h2-6,9-13,19,42H,7-8,14-15H2,1H3,(H2,36,41)(H,37,40)/t29-,30-/m0/s1. The molecule has 1 saturated carbocycles. The topological polar surface area (TPSA) is 150 Å². The van der Waals surface area contributed by atoms with Crippen LogP contribution < -0.4 is 20.5 Å². The summed E-state index contributed by atoms with van der Waals surface area (Å²) in [6.07, 6.45) is -2.39. The van der Waals surface area contributed by atoms with Crippen LogP contribution in [0.3, 0.4) is 0 Å². The van der Waals surface area contributed by atoms with Crippen molar-refractivity contribution in [3.05, 3.63) is 83.4 Å². The number of hydrogen-bond donors (Lipinski definition) is 3. The summed E-state index contributed by atoms with van der Waals surface area (Å²) in [6, 6.07) is 11.4. The van der Waals surface area contributed by atoms with Gasteiger partial charge in [0.25, 0.3) is 5.91 Å². The van der Waals surface area contributed by atoms with Crippen molar-refractivity contribution in [3.63, 3.8) is 0 Å². The van der Waals surface area contributed by atoms with Crippen LogP contribution in [0.1, 0.15) is 41.4 Å². The van der Waals surface area contributed by atoms with Crippen LogP contribution in [0.25, 0.3) is 22.6 Å². The zero-order chi connectivity index (χ0) is 32.1. The molecule has 0 spiro atoms. The van der Waals surface area contributed by atoms with E-state index in [-0.39, 0.29) is 46.6 Å². The zero-order valence-corrected chi connectivity index (χ0v) is 23.7. The fraction of sp³-hybridized carbons (Fsp3) is 0.290. The fourth-order valence-electron chi connectivity index (χ4n) is 4.93. The summed E-state index contributed by atoms with van der Waals surface area (Å²) in [4.78, 5) is 29.7. The van der Waals surface area contributed by atoms with Gasteiger partial charge in [0.15, 0.2) is 5.76 Å². The molecule has 0 bridgehead atoms. The second-order valence-corrected chi connectivity index (χ2v) is 11.2. The minimum atomic E-state index is -5.36. The number of carbonyl (C=O) groups is 2. The Morgan fingerprint density at radius 1 is 1.13 bits per heavy atom. The molecule has 1 aliphatic carbocycles. The highest BCUT2D eigenvalue weighted by Crippen LogP contribution is 2.47. The molecule has 0 saturated heterocycles. The van der Waals surface area contributed by atoms with Crippen molar-refractivity contribution in [1.29, 1.82) is 0 Å². The van der Waals surface area contributed by atoms with Crippen molar-refractivity contribution in [2.24, 2.45) is 5.73 Å². The number of carbonyl (C=O) groups excluding carboxylic acids is 2. The van der Waals surface area contributed by atoms with Crippen molar-refractivity contribution in [2.75, 3.05) is 13.2 Å². The highest BCUT2D eigenvalue weighted by molar-refractivity contribution is 5.95. The molecule has 14 heteroatoms. The van der Waals surface area contributed by atoms with Crippen molar-refractivity contribution < 1.29 is 46.3 Å². The Labute approximate surface area is 253 Å². The van der Waals surface area contributed by atoms with Gasteiger partial charge in [0.05, 0.1) is 30.1 Å². The summed E-state index contributed by atoms with van der Waals surface area (Å²) in [5.41, 5.74) is -0.230. The second kappa shape index (κ2) is 10.9. The smallest absolute Gasteiger partial charge is 0.424 e. The lowest BCUT2D eigenvalue weighted by atomic mass is 9.81. The van der Waals surface area contributed by atoms with E-state index in [9.17, 15) is 32.3 Å². The SMILES string of the molecule is C[C@]1(C(N)=O)COc2c1cc([C@@](O)(CNC(=O)c1ccc(-c3ccno3)c(OC3CC3)c1)C(F)(F)F)nc2-c1ccc(F)cc1. The molecule has 45 heavy (non-hydrogen) atoms. The van der Waals surface area contributed by atoms with Crippen molar-refractivity contribution >= 4 is 11.8 Å². The van der Waals surface area contributed by atoms with E-state index in [0.717, 1.165) is 31.0 Å². The third kappa shape index (κ3) is 5.45. The van der Waals surface area contributed by atoms with Crippen LogP contribution in [0.5, 0.6) is 11.5 Å². The molecule has 2 atom stereocenters. The predicted octanol–water partition coefficient (Wildman–Crippen LogP) is 4.40. The number of aromatic nitrogens is 2. The normalized spacial score (nSPS) is 18.9. The molecule has 0 unspecified atom stereocenters. The lowest BCUT2D eigenvalue weighted by Gasteiger charge is -2.31. The number of alkyl halides is 3. The Bertz CT molecular complexity index is 1780. The number of rotatable bonds is 9. The molecule has 4 N–H and O–H groups in total. The van der Waals surface area contributed by atoms with Crippen LogP contribution in [0.4, 0.5) is 17.6 Å². The van der Waals surface area contributed by atoms with Gasteiger partial charge in [-0.05, 0) is 68.3 Å². The monoisotopic (exact) mass is 626 g/mol. The molecule has 234 valence electrons. The zero-order valence-electron chi connectivity index (χ0n) is 23.7. The maximum atomic E-state index is 14.7. The number of nitrogens with two attached hydrogens (primary N) is 1. The number of pyridine rings is 1. The van der Waals surface area contributed by atoms with Gasteiger partial charge in [0.1, 0.15) is 35.0 Å². The quantitative estimate of drug-likeness (QED) is 0.232. The molecule has 2 amide bonds. The molecule has 2 aromatic carbocycles. The number of fused-ring (bicyclic) bond motifs is 1. The van der Waals surface area contributed by atoms with E-state index in [0.29, 0.717) is 11.3 Å². The Balaban J connectivity index is 1.37. The van der Waals surface area contributed by atoms with Crippen LogP contribution in [-0.2, 0) is 15.8 Å². The van der Waals surface area contributed by atoms with Gasteiger partial charge < -0.3 is 30.2 Å². The maximum Gasteiger partial charge on any atom is 0.424 e. The van der Waals surface area contributed by atoms with E-state index in [1.807, 2.05) is 0 Å². The van der Waals surface area contributed by atoms with Crippen LogP contribution in [0.15, 0.2) is 65.3 Å². The Morgan fingerprint density at radius 2 is 1.87 bits per heavy atom. The molecule has 6 rings (SSSR count). The average Bonchev–Trinajstić information content (AvgIpc) is 3.51. The first-order chi connectivity index (χ1) is 21.3. The molecule has 1 fully saturated rings. The van der Waals surface area contributed by atoms with Gasteiger partial charge >= 0.3 is 6.18 Å². The van der Waals surface area contributed by atoms with Gasteiger partial charge in [-0.1, -0.05) is 5.16 Å². The van der Waals surface area contributed by atoms with Gasteiger partial charge in [0, 0.05) is 22.8 Å². The molecule has 2 aliphatic rings. The largest absolute Gasteiger partial charge is 0.490 e. The highest BCUT2D eigenvalue weighted by atomic mass is 19.4. The van der Waals surface area contributed by atoms with Gasteiger partial charge in [0.2, 0.25) is 11.5 Å². The van der Waals surface area contributed by atoms with Gasteiger partial charge in [-0.3, -0.25) is 9.59 Å². The third-order valence-corrected chi connectivity index (χ3v) is 7.90. The number of amides is 2. The fourth-order valence-corrected chi connectivity index (χ4v) is 4.93. The highest BCUT2D eigenvalue weighted by Gasteiger charge is 2.57. The number of nitrogens with zero attached hydrogens (tertiary/aromatic N) is 2. The molecular weight excluding hydrogens is 600 g/mol. The summed E-state index contributed by atoms with van der Waals surface area (Å²) >= 11 is 0. The summed E-state index contributed by atoms with van der Waals surface area (Å²) in [5, 5.41) is 17.1. The van der Waals surface area contributed by atoms with Crippen molar-refractivity contribution in [2.45, 2.75) is 43.1 Å². The minimum Gasteiger partial charge on any atom is -0.490 e. The molecule has 2 aromatic heterocycles. The Morgan fingerprint density at radius 3 is 2.49 bits per heavy atom. The number of hydrogen-bond acceptors (Lipinski definition) is 8. The van der Waals surface area contributed by atoms with E-state index >= 15 is 0 Å². The first kappa shape index (κ1) is 30.1. The van der Waals surface area contributed by atoms with Crippen LogP contribution in [0.2, 0.25) is 0 Å². The van der Waals surface area contributed by atoms with E-state index in [1.54, 1.807) is 6.07 Å². The summed E-state index contributed by atoms with van der Waals surface area (Å²) < 4.78 is 74.6. The molecule has 0 radical (unpaired) electrons. The second-order valence-electron chi connectivity index (χ2n) is 11.2. The van der Waals surface area contributed by atoms with E-state index < -0.39 is 47.1 Å². The number of primary amides is 1. The van der Waals surface area contributed by atoms with Crippen LogP contribution in [-0.4, -0.2) is 52.5 Å². The van der Waals surface area contributed by atoms with Crippen LogP contribution in [0, 0.1) is 5.82 Å². The number of benzene rings is 2. The molecular formula is C31H26F4N4O6. The average molecular weight is 627 g/mol. The summed E-state index contributed by atoms with van der Waals surface area (Å²) in [6.45, 7) is -0.258. The summed E-state index contributed by atoms with van der Waals surface area (Å²) in [7, 11) is 0. The summed E-state index contributed by atoms with van der Waals surface area (Å²) in [5.74, 6) is -1.81. The molecule has 4 aromatic rings. The Kier molecular flexibility index (Phi) is 7.26. The van der Waals surface area contributed by atoms with Crippen LogP contribution >= 0.6 is 0 Å². The number of halogens is 4. The van der Waals surface area contributed by atoms with E-state index in [1.165, 1.54) is 43.5 Å². The first-order valence-corrected chi connectivity index (χ1v) is 13.8. The number of ether oxygens (including phenoxy) is 2. The molecule has 3 heterocycles. The number of nitrogens with one attached hydrogen (secondary N) is 1. The lowest BCUT2D eigenvalue weighted by Crippen LogP contribution is -2.51. The first-order valence-electron chi connectivity index (χ1n) is 13.8.